The Kier molecular flexibility index (Phi) is 8.40. The van der Waals surface area contributed by atoms with Crippen molar-refractivity contribution in [3.05, 3.63) is 59.7 Å². The van der Waals surface area contributed by atoms with Crippen molar-refractivity contribution in [2.45, 2.75) is 39.5 Å². The van der Waals surface area contributed by atoms with Crippen molar-refractivity contribution in [3.8, 4) is 5.75 Å². The topological polar surface area (TPSA) is 81.7 Å². The molecule has 0 spiro atoms. The van der Waals surface area contributed by atoms with E-state index in [1.54, 1.807) is 24.3 Å². The fraction of sp³-hybridized carbons (Fsp3) is 0.348. The van der Waals surface area contributed by atoms with Crippen molar-refractivity contribution >= 4 is 23.3 Å². The summed E-state index contributed by atoms with van der Waals surface area (Å²) in [6.45, 7) is 6.23. The first-order valence-electron chi connectivity index (χ1n) is 9.70. The molecule has 0 saturated carbocycles. The van der Waals surface area contributed by atoms with Crippen LogP contribution in [0.15, 0.2) is 48.5 Å². The number of nitrogens with one attached hydrogen (secondary N) is 1. The number of carbonyl (C=O) groups is 3. The van der Waals surface area contributed by atoms with Crippen molar-refractivity contribution in [2.24, 2.45) is 0 Å². The number of anilines is 1. The lowest BCUT2D eigenvalue weighted by Gasteiger charge is -2.09. The molecule has 0 aliphatic rings. The number of esters is 1. The first-order chi connectivity index (χ1) is 13.9. The van der Waals surface area contributed by atoms with Crippen LogP contribution in [0.5, 0.6) is 5.75 Å². The summed E-state index contributed by atoms with van der Waals surface area (Å²) in [6.07, 6.45) is -0.0620. The Morgan fingerprint density at radius 1 is 0.931 bits per heavy atom. The molecule has 0 radical (unpaired) electrons. The van der Waals surface area contributed by atoms with E-state index in [-0.39, 0.29) is 25.2 Å². The van der Waals surface area contributed by atoms with Gasteiger partial charge in [0.1, 0.15) is 5.75 Å². The number of hydrogen-bond donors (Lipinski definition) is 1. The quantitative estimate of drug-likeness (QED) is 0.476. The van der Waals surface area contributed by atoms with Gasteiger partial charge in [0.05, 0.1) is 13.0 Å². The van der Waals surface area contributed by atoms with Gasteiger partial charge in [-0.3, -0.25) is 14.4 Å². The summed E-state index contributed by atoms with van der Waals surface area (Å²) in [5.74, 6) is -0.0814. The summed E-state index contributed by atoms with van der Waals surface area (Å²) < 4.78 is 10.3. The van der Waals surface area contributed by atoms with Gasteiger partial charge in [-0.2, -0.15) is 0 Å². The lowest BCUT2D eigenvalue weighted by molar-refractivity contribution is -0.147. The van der Waals surface area contributed by atoms with Gasteiger partial charge in [0, 0.05) is 17.7 Å². The van der Waals surface area contributed by atoms with Crippen molar-refractivity contribution in [1.82, 2.24) is 0 Å². The predicted octanol–water partition coefficient (Wildman–Crippen LogP) is 4.35. The molecule has 0 heterocycles. The molecule has 6 heteroatoms. The molecule has 6 nitrogen and oxygen atoms in total. The highest BCUT2D eigenvalue weighted by Crippen LogP contribution is 2.17. The van der Waals surface area contributed by atoms with Crippen LogP contribution in [0.1, 0.15) is 55.5 Å². The molecule has 29 heavy (non-hydrogen) atoms. The monoisotopic (exact) mass is 397 g/mol. The van der Waals surface area contributed by atoms with E-state index in [1.165, 1.54) is 5.56 Å². The molecular weight excluding hydrogens is 370 g/mol. The fourth-order valence-electron chi connectivity index (χ4n) is 2.63. The average Bonchev–Trinajstić information content (AvgIpc) is 2.71. The normalized spacial score (nSPS) is 10.5. The second-order valence-electron chi connectivity index (χ2n) is 6.87. The van der Waals surface area contributed by atoms with Gasteiger partial charge >= 0.3 is 5.97 Å². The molecule has 0 unspecified atom stereocenters. The second kappa shape index (κ2) is 11.0. The van der Waals surface area contributed by atoms with Crippen LogP contribution >= 0.6 is 0 Å². The Morgan fingerprint density at radius 2 is 1.59 bits per heavy atom. The lowest BCUT2D eigenvalue weighted by atomic mass is 10.0. The Labute approximate surface area is 171 Å². The lowest BCUT2D eigenvalue weighted by Crippen LogP contribution is -2.21. The van der Waals surface area contributed by atoms with E-state index in [2.05, 4.69) is 19.2 Å². The molecule has 1 N–H and O–H groups in total. The number of Topliss-reactive ketones (excluding diaryl/α,β-unsaturated/α-hetero) is 1. The molecule has 0 saturated heterocycles. The van der Waals surface area contributed by atoms with Gasteiger partial charge < -0.3 is 14.8 Å². The summed E-state index contributed by atoms with van der Waals surface area (Å²) in [4.78, 5) is 35.9. The van der Waals surface area contributed by atoms with Crippen LogP contribution in [-0.4, -0.2) is 30.9 Å². The highest BCUT2D eigenvalue weighted by molar-refractivity contribution is 5.98. The molecular formula is C23H27NO5. The zero-order valence-electron chi connectivity index (χ0n) is 17.1. The van der Waals surface area contributed by atoms with Gasteiger partial charge in [0.25, 0.3) is 5.91 Å². The minimum atomic E-state index is -0.588. The third-order valence-electron chi connectivity index (χ3n) is 4.27. The van der Waals surface area contributed by atoms with Crippen LogP contribution in [0.4, 0.5) is 5.69 Å². The Hall–Kier alpha value is -3.15. The van der Waals surface area contributed by atoms with Gasteiger partial charge in [0.15, 0.2) is 12.4 Å². The number of ether oxygens (including phenoxy) is 2. The first kappa shape index (κ1) is 22.1. The number of amides is 1. The van der Waals surface area contributed by atoms with E-state index in [4.69, 9.17) is 9.47 Å². The SMILES string of the molecule is CCOc1ccc(C(=O)CCC(=O)OCC(=O)Nc2ccc(C(C)C)cc2)cc1. The molecule has 1 amide bonds. The van der Waals surface area contributed by atoms with Crippen molar-refractivity contribution in [2.75, 3.05) is 18.5 Å². The van der Waals surface area contributed by atoms with Crippen molar-refractivity contribution < 1.29 is 23.9 Å². The number of hydrogen-bond acceptors (Lipinski definition) is 5. The molecule has 154 valence electrons. The van der Waals surface area contributed by atoms with Gasteiger partial charge in [-0.1, -0.05) is 26.0 Å². The standard InChI is InChI=1S/C23H27NO5/c1-4-28-20-11-7-18(8-12-20)21(25)13-14-23(27)29-15-22(26)24-19-9-5-17(6-10-19)16(2)3/h5-12,16H,4,13-15H2,1-3H3,(H,24,26). The van der Waals surface area contributed by atoms with Crippen LogP contribution in [0.25, 0.3) is 0 Å². The summed E-state index contributed by atoms with van der Waals surface area (Å²) in [7, 11) is 0. The maximum atomic E-state index is 12.1. The van der Waals surface area contributed by atoms with Crippen LogP contribution in [0, 0.1) is 0 Å². The molecule has 0 fully saturated rings. The van der Waals surface area contributed by atoms with Gasteiger partial charge in [-0.25, -0.2) is 0 Å². The zero-order chi connectivity index (χ0) is 21.2. The van der Waals surface area contributed by atoms with Crippen LogP contribution in [-0.2, 0) is 14.3 Å². The van der Waals surface area contributed by atoms with Crippen LogP contribution in [0.3, 0.4) is 0 Å². The second-order valence-corrected chi connectivity index (χ2v) is 6.87. The third kappa shape index (κ3) is 7.41. The van der Waals surface area contributed by atoms with E-state index in [0.29, 0.717) is 29.5 Å². The fourth-order valence-corrected chi connectivity index (χ4v) is 2.63. The molecule has 2 aromatic rings. The number of ketones is 1. The molecule has 0 bridgehead atoms. The van der Waals surface area contributed by atoms with Gasteiger partial charge in [-0.15, -0.1) is 0 Å². The largest absolute Gasteiger partial charge is 0.494 e. The summed E-state index contributed by atoms with van der Waals surface area (Å²) in [5, 5.41) is 2.67. The number of rotatable bonds is 10. The number of benzene rings is 2. The molecule has 2 rings (SSSR count). The third-order valence-corrected chi connectivity index (χ3v) is 4.27. The Balaban J connectivity index is 1.71. The van der Waals surface area contributed by atoms with E-state index in [9.17, 15) is 14.4 Å². The predicted molar refractivity (Wildman–Crippen MR) is 111 cm³/mol. The highest BCUT2D eigenvalue weighted by atomic mass is 16.5. The minimum Gasteiger partial charge on any atom is -0.494 e. The molecule has 0 aliphatic heterocycles. The summed E-state index contributed by atoms with van der Waals surface area (Å²) in [5.41, 5.74) is 2.32. The maximum Gasteiger partial charge on any atom is 0.306 e. The summed E-state index contributed by atoms with van der Waals surface area (Å²) in [6, 6.07) is 14.3. The van der Waals surface area contributed by atoms with Crippen LogP contribution in [0.2, 0.25) is 0 Å². The van der Waals surface area contributed by atoms with Crippen LogP contribution < -0.4 is 10.1 Å². The zero-order valence-corrected chi connectivity index (χ0v) is 17.1. The van der Waals surface area contributed by atoms with Crippen molar-refractivity contribution in [3.63, 3.8) is 0 Å². The van der Waals surface area contributed by atoms with E-state index < -0.39 is 11.9 Å². The van der Waals surface area contributed by atoms with E-state index >= 15 is 0 Å². The molecule has 0 aromatic heterocycles. The Morgan fingerprint density at radius 3 is 2.17 bits per heavy atom. The molecule has 0 aliphatic carbocycles. The Bertz CT molecular complexity index is 825. The maximum absolute atomic E-state index is 12.1. The van der Waals surface area contributed by atoms with E-state index in [1.807, 2.05) is 31.2 Å². The number of carbonyl (C=O) groups excluding carboxylic acids is 3. The highest BCUT2D eigenvalue weighted by Gasteiger charge is 2.12. The average molecular weight is 397 g/mol. The van der Waals surface area contributed by atoms with Gasteiger partial charge in [0.2, 0.25) is 0 Å². The summed E-state index contributed by atoms with van der Waals surface area (Å²) >= 11 is 0. The molecule has 0 atom stereocenters. The first-order valence-corrected chi connectivity index (χ1v) is 9.70. The van der Waals surface area contributed by atoms with Crippen molar-refractivity contribution in [1.29, 1.82) is 0 Å². The smallest absolute Gasteiger partial charge is 0.306 e. The minimum absolute atomic E-state index is 0.0189. The van der Waals surface area contributed by atoms with E-state index in [0.717, 1.165) is 0 Å². The molecule has 2 aromatic carbocycles. The van der Waals surface area contributed by atoms with Gasteiger partial charge in [-0.05, 0) is 54.8 Å².